The summed E-state index contributed by atoms with van der Waals surface area (Å²) in [7, 11) is 0. The monoisotopic (exact) mass is 291 g/mol. The molecule has 0 aliphatic carbocycles. The fourth-order valence-corrected chi connectivity index (χ4v) is 3.40. The van der Waals surface area contributed by atoms with Gasteiger partial charge in [0.15, 0.2) is 6.04 Å². The third-order valence-electron chi connectivity index (χ3n) is 3.48. The van der Waals surface area contributed by atoms with Crippen molar-refractivity contribution in [2.75, 3.05) is 6.54 Å². The van der Waals surface area contributed by atoms with E-state index in [1.165, 1.54) is 4.90 Å². The number of rotatable bonds is 5. The zero-order chi connectivity index (χ0) is 14.5. The normalized spacial score (nSPS) is 17.4. The largest absolute Gasteiger partial charge is 0.479 e. The fourth-order valence-electron chi connectivity index (χ4n) is 2.50. The van der Waals surface area contributed by atoms with Crippen LogP contribution in [0.5, 0.6) is 0 Å². The van der Waals surface area contributed by atoms with Gasteiger partial charge in [0.05, 0.1) is 0 Å². The van der Waals surface area contributed by atoms with Crippen molar-refractivity contribution in [2.24, 2.45) is 0 Å². The Morgan fingerprint density at radius 2 is 2.30 bits per heavy atom. The van der Waals surface area contributed by atoms with Gasteiger partial charge in [-0.15, -0.1) is 23.7 Å². The van der Waals surface area contributed by atoms with Gasteiger partial charge in [0, 0.05) is 24.3 Å². The second kappa shape index (κ2) is 6.58. The predicted octanol–water partition coefficient (Wildman–Crippen LogP) is 2.45. The van der Waals surface area contributed by atoms with E-state index in [9.17, 15) is 14.7 Å². The highest BCUT2D eigenvalue weighted by Crippen LogP contribution is 2.33. The molecule has 4 nitrogen and oxygen atoms in total. The number of terminal acetylenes is 1. The second-order valence-corrected chi connectivity index (χ2v) is 5.79. The van der Waals surface area contributed by atoms with Crippen molar-refractivity contribution in [3.8, 4) is 12.3 Å². The first kappa shape index (κ1) is 14.6. The maximum Gasteiger partial charge on any atom is 0.331 e. The van der Waals surface area contributed by atoms with E-state index in [1.807, 2.05) is 11.4 Å². The molecule has 20 heavy (non-hydrogen) atoms. The standard InChI is InChI=1S/C15H17NO3S/c1-2-3-4-5-6-13(17)16-9-7-12-11(8-10-20-12)14(16)15(18)19/h1,8,10,14H,3-7,9H2,(H,18,19). The van der Waals surface area contributed by atoms with E-state index >= 15 is 0 Å². The lowest BCUT2D eigenvalue weighted by molar-refractivity contribution is -0.151. The molecule has 1 unspecified atom stereocenters. The first-order valence-corrected chi connectivity index (χ1v) is 7.55. The molecule has 1 aromatic heterocycles. The number of amides is 1. The molecular formula is C15H17NO3S. The van der Waals surface area contributed by atoms with Crippen molar-refractivity contribution in [1.82, 2.24) is 4.90 Å². The molecule has 0 spiro atoms. The molecule has 0 fully saturated rings. The van der Waals surface area contributed by atoms with Crippen LogP contribution in [0.3, 0.4) is 0 Å². The van der Waals surface area contributed by atoms with Crippen molar-refractivity contribution in [1.29, 1.82) is 0 Å². The van der Waals surface area contributed by atoms with Crippen LogP contribution in [0.15, 0.2) is 11.4 Å². The maximum absolute atomic E-state index is 12.2. The summed E-state index contributed by atoms with van der Waals surface area (Å²) >= 11 is 1.56. The first-order chi connectivity index (χ1) is 9.65. The maximum atomic E-state index is 12.2. The number of carboxylic acids is 1. The Bertz CT molecular complexity index is 544. The molecular weight excluding hydrogens is 274 g/mol. The molecule has 1 atom stereocenters. The van der Waals surface area contributed by atoms with Crippen molar-refractivity contribution in [2.45, 2.75) is 38.1 Å². The van der Waals surface area contributed by atoms with Crippen LogP contribution < -0.4 is 0 Å². The van der Waals surface area contributed by atoms with Gasteiger partial charge in [-0.3, -0.25) is 4.79 Å². The van der Waals surface area contributed by atoms with Gasteiger partial charge in [0.25, 0.3) is 0 Å². The number of thiophene rings is 1. The van der Waals surface area contributed by atoms with E-state index < -0.39 is 12.0 Å². The smallest absolute Gasteiger partial charge is 0.331 e. The quantitative estimate of drug-likeness (QED) is 0.669. The van der Waals surface area contributed by atoms with Crippen LogP contribution in [0.4, 0.5) is 0 Å². The van der Waals surface area contributed by atoms with Crippen LogP contribution in [0.2, 0.25) is 0 Å². The minimum Gasteiger partial charge on any atom is -0.479 e. The van der Waals surface area contributed by atoms with Gasteiger partial charge < -0.3 is 10.0 Å². The van der Waals surface area contributed by atoms with Gasteiger partial charge >= 0.3 is 5.97 Å². The molecule has 0 bridgehead atoms. The molecule has 106 valence electrons. The zero-order valence-electron chi connectivity index (χ0n) is 11.2. The minimum absolute atomic E-state index is 0.0914. The summed E-state index contributed by atoms with van der Waals surface area (Å²) in [4.78, 5) is 26.3. The Balaban J connectivity index is 2.06. The number of nitrogens with zero attached hydrogens (tertiary/aromatic N) is 1. The zero-order valence-corrected chi connectivity index (χ0v) is 12.0. The van der Waals surface area contributed by atoms with E-state index in [0.717, 1.165) is 23.3 Å². The van der Waals surface area contributed by atoms with Crippen molar-refractivity contribution in [3.63, 3.8) is 0 Å². The van der Waals surface area contributed by atoms with Gasteiger partial charge in [0.1, 0.15) is 0 Å². The topological polar surface area (TPSA) is 57.6 Å². The van der Waals surface area contributed by atoms with Gasteiger partial charge in [-0.1, -0.05) is 0 Å². The SMILES string of the molecule is C#CCCCCC(=O)N1CCc2sccc2C1C(=O)O. The molecule has 1 N–H and O–H groups in total. The van der Waals surface area contributed by atoms with Crippen LogP contribution in [0.25, 0.3) is 0 Å². The Kier molecular flexibility index (Phi) is 4.80. The molecule has 5 heteroatoms. The highest BCUT2D eigenvalue weighted by Gasteiger charge is 2.36. The summed E-state index contributed by atoms with van der Waals surface area (Å²) in [5, 5.41) is 11.3. The first-order valence-electron chi connectivity index (χ1n) is 6.67. The third-order valence-corrected chi connectivity index (χ3v) is 4.48. The highest BCUT2D eigenvalue weighted by molar-refractivity contribution is 7.10. The molecule has 0 radical (unpaired) electrons. The molecule has 1 aliphatic rings. The lowest BCUT2D eigenvalue weighted by Gasteiger charge is -2.33. The molecule has 1 amide bonds. The lowest BCUT2D eigenvalue weighted by Crippen LogP contribution is -2.42. The Labute approximate surface area is 122 Å². The van der Waals surface area contributed by atoms with E-state index in [1.54, 1.807) is 11.3 Å². The average Bonchev–Trinajstić information content (AvgIpc) is 2.90. The van der Waals surface area contributed by atoms with Crippen molar-refractivity contribution < 1.29 is 14.7 Å². The van der Waals surface area contributed by atoms with Crippen LogP contribution >= 0.6 is 11.3 Å². The Hall–Kier alpha value is -1.80. The van der Waals surface area contributed by atoms with Gasteiger partial charge in [-0.25, -0.2) is 4.79 Å². The predicted molar refractivity (Wildman–Crippen MR) is 77.4 cm³/mol. The van der Waals surface area contributed by atoms with Gasteiger partial charge in [-0.2, -0.15) is 0 Å². The molecule has 0 aromatic carbocycles. The summed E-state index contributed by atoms with van der Waals surface area (Å²) < 4.78 is 0. The van der Waals surface area contributed by atoms with Crippen molar-refractivity contribution >= 4 is 23.2 Å². The second-order valence-electron chi connectivity index (χ2n) is 4.79. The number of carbonyl (C=O) groups is 2. The summed E-state index contributed by atoms with van der Waals surface area (Å²) in [6.45, 7) is 0.485. The van der Waals surface area contributed by atoms with E-state index in [2.05, 4.69) is 5.92 Å². The Morgan fingerprint density at radius 1 is 1.50 bits per heavy atom. The van der Waals surface area contributed by atoms with Crippen molar-refractivity contribution in [3.05, 3.63) is 21.9 Å². The van der Waals surface area contributed by atoms with Crippen LogP contribution in [-0.4, -0.2) is 28.4 Å². The number of aliphatic carboxylic acids is 1. The van der Waals surface area contributed by atoms with E-state index in [0.29, 0.717) is 25.8 Å². The minimum atomic E-state index is -0.957. The summed E-state index contributed by atoms with van der Waals surface area (Å²) in [5.41, 5.74) is 0.769. The number of fused-ring (bicyclic) bond motifs is 1. The molecule has 0 saturated heterocycles. The number of hydrogen-bond acceptors (Lipinski definition) is 3. The molecule has 1 aromatic rings. The fraction of sp³-hybridized carbons (Fsp3) is 0.467. The number of hydrogen-bond donors (Lipinski definition) is 1. The van der Waals surface area contributed by atoms with Crippen LogP contribution in [0, 0.1) is 12.3 Å². The average molecular weight is 291 g/mol. The molecule has 0 saturated carbocycles. The van der Waals surface area contributed by atoms with Gasteiger partial charge in [0.2, 0.25) is 5.91 Å². The van der Waals surface area contributed by atoms with E-state index in [-0.39, 0.29) is 5.91 Å². The molecule has 2 heterocycles. The summed E-state index contributed by atoms with van der Waals surface area (Å²) in [5.74, 6) is 1.49. The van der Waals surface area contributed by atoms with Crippen LogP contribution in [0.1, 0.15) is 42.2 Å². The van der Waals surface area contributed by atoms with Gasteiger partial charge in [-0.05, 0) is 36.3 Å². The third kappa shape index (κ3) is 3.02. The molecule has 2 rings (SSSR count). The van der Waals surface area contributed by atoms with Crippen LogP contribution in [-0.2, 0) is 16.0 Å². The number of unbranched alkanes of at least 4 members (excludes halogenated alkanes) is 2. The van der Waals surface area contributed by atoms with E-state index in [4.69, 9.17) is 6.42 Å². The summed E-state index contributed by atoms with van der Waals surface area (Å²) in [6.07, 6.45) is 8.45. The number of carboxylic acid groups (broad SMARTS) is 1. The molecule has 1 aliphatic heterocycles. The number of carbonyl (C=O) groups excluding carboxylic acids is 1. The summed E-state index contributed by atoms with van der Waals surface area (Å²) in [6, 6.07) is 0.987. The highest BCUT2D eigenvalue weighted by atomic mass is 32.1. The lowest BCUT2D eigenvalue weighted by atomic mass is 9.99. The Morgan fingerprint density at radius 3 is 3.00 bits per heavy atom.